The van der Waals surface area contributed by atoms with Gasteiger partial charge >= 0.3 is 0 Å². The van der Waals surface area contributed by atoms with E-state index in [0.717, 1.165) is 5.69 Å². The number of carbonyl (C=O) groups excluding carboxylic acids is 1. The van der Waals surface area contributed by atoms with E-state index in [-0.39, 0.29) is 17.5 Å². The molecule has 25 heavy (non-hydrogen) atoms. The Bertz CT molecular complexity index is 636. The van der Waals surface area contributed by atoms with Crippen LogP contribution >= 0.6 is 0 Å². The molecule has 0 spiro atoms. The summed E-state index contributed by atoms with van der Waals surface area (Å²) in [7, 11) is 3.17. The SMILES string of the molecule is COCCC1(CCOC)C(=O)N(CC(C)C)c2ccc([N+](=O)[O-])cc21. The Morgan fingerprint density at radius 2 is 1.80 bits per heavy atom. The number of nitro groups is 1. The summed E-state index contributed by atoms with van der Waals surface area (Å²) >= 11 is 0. The maximum atomic E-state index is 13.4. The first kappa shape index (κ1) is 19.3. The van der Waals surface area contributed by atoms with E-state index in [1.807, 2.05) is 13.8 Å². The molecule has 1 amide bonds. The molecule has 0 saturated carbocycles. The topological polar surface area (TPSA) is 81.9 Å². The monoisotopic (exact) mass is 350 g/mol. The zero-order valence-electron chi connectivity index (χ0n) is 15.3. The Balaban J connectivity index is 2.59. The van der Waals surface area contributed by atoms with Gasteiger partial charge in [-0.3, -0.25) is 14.9 Å². The maximum absolute atomic E-state index is 13.4. The second-order valence-corrected chi connectivity index (χ2v) is 6.84. The summed E-state index contributed by atoms with van der Waals surface area (Å²) in [5.74, 6) is 0.262. The van der Waals surface area contributed by atoms with Crippen LogP contribution in [0.1, 0.15) is 32.3 Å². The average molecular weight is 350 g/mol. The van der Waals surface area contributed by atoms with Crippen molar-refractivity contribution in [3.05, 3.63) is 33.9 Å². The molecule has 0 aliphatic carbocycles. The van der Waals surface area contributed by atoms with Crippen molar-refractivity contribution in [2.24, 2.45) is 5.92 Å². The van der Waals surface area contributed by atoms with Crippen LogP contribution in [0.15, 0.2) is 18.2 Å². The molecule has 1 aliphatic rings. The molecular weight excluding hydrogens is 324 g/mol. The van der Waals surface area contributed by atoms with Gasteiger partial charge in [-0.25, -0.2) is 0 Å². The largest absolute Gasteiger partial charge is 0.385 e. The van der Waals surface area contributed by atoms with Crippen LogP contribution < -0.4 is 4.90 Å². The Labute approximate surface area is 148 Å². The van der Waals surface area contributed by atoms with Crippen molar-refractivity contribution in [1.82, 2.24) is 0 Å². The second-order valence-electron chi connectivity index (χ2n) is 6.84. The molecule has 1 aliphatic heterocycles. The molecule has 2 rings (SSSR count). The molecule has 7 nitrogen and oxygen atoms in total. The van der Waals surface area contributed by atoms with Crippen molar-refractivity contribution < 1.29 is 19.2 Å². The van der Waals surface area contributed by atoms with Crippen molar-refractivity contribution in [3.8, 4) is 0 Å². The fourth-order valence-electron chi connectivity index (χ4n) is 3.45. The normalized spacial score (nSPS) is 15.7. The summed E-state index contributed by atoms with van der Waals surface area (Å²) in [5.41, 5.74) is 0.623. The average Bonchev–Trinajstić information content (AvgIpc) is 2.80. The van der Waals surface area contributed by atoms with Gasteiger partial charge in [-0.15, -0.1) is 0 Å². The molecule has 138 valence electrons. The smallest absolute Gasteiger partial charge is 0.269 e. The van der Waals surface area contributed by atoms with Gasteiger partial charge in [-0.2, -0.15) is 0 Å². The van der Waals surface area contributed by atoms with Crippen LogP contribution in [0.3, 0.4) is 0 Å². The van der Waals surface area contributed by atoms with Crippen LogP contribution in [0.4, 0.5) is 11.4 Å². The van der Waals surface area contributed by atoms with E-state index in [9.17, 15) is 14.9 Å². The van der Waals surface area contributed by atoms with Gasteiger partial charge in [0, 0.05) is 51.8 Å². The van der Waals surface area contributed by atoms with Crippen LogP contribution in [0.2, 0.25) is 0 Å². The number of carbonyl (C=O) groups is 1. The van der Waals surface area contributed by atoms with E-state index in [1.54, 1.807) is 31.3 Å². The van der Waals surface area contributed by atoms with E-state index >= 15 is 0 Å². The van der Waals surface area contributed by atoms with Crippen molar-refractivity contribution in [2.75, 3.05) is 38.9 Å². The molecule has 0 radical (unpaired) electrons. The first-order valence-electron chi connectivity index (χ1n) is 8.46. The summed E-state index contributed by atoms with van der Waals surface area (Å²) in [6.07, 6.45) is 0.933. The number of benzene rings is 1. The van der Waals surface area contributed by atoms with Crippen LogP contribution in [0, 0.1) is 16.0 Å². The highest BCUT2D eigenvalue weighted by molar-refractivity contribution is 6.08. The number of hydrogen-bond acceptors (Lipinski definition) is 5. The quantitative estimate of drug-likeness (QED) is 0.505. The zero-order chi connectivity index (χ0) is 18.6. The fraction of sp³-hybridized carbons (Fsp3) is 0.611. The number of rotatable bonds is 9. The minimum absolute atomic E-state index is 0.00263. The number of anilines is 1. The standard InChI is InChI=1S/C18H26N2O5/c1-13(2)12-19-16-6-5-14(20(22)23)11-15(16)18(17(19)21,7-9-24-3)8-10-25-4/h5-6,11,13H,7-10,12H2,1-4H3. The molecule has 0 atom stereocenters. The zero-order valence-corrected chi connectivity index (χ0v) is 15.3. The highest BCUT2D eigenvalue weighted by atomic mass is 16.6. The van der Waals surface area contributed by atoms with Gasteiger partial charge in [0.2, 0.25) is 5.91 Å². The van der Waals surface area contributed by atoms with Crippen molar-refractivity contribution in [3.63, 3.8) is 0 Å². The second kappa shape index (κ2) is 7.93. The lowest BCUT2D eigenvalue weighted by Gasteiger charge is -2.29. The molecule has 1 heterocycles. The van der Waals surface area contributed by atoms with E-state index in [1.165, 1.54) is 6.07 Å². The highest BCUT2D eigenvalue weighted by Crippen LogP contribution is 2.47. The molecular formula is C18H26N2O5. The number of hydrogen-bond donors (Lipinski definition) is 0. The number of nitrogens with zero attached hydrogens (tertiary/aromatic N) is 2. The number of non-ortho nitro benzene ring substituents is 1. The van der Waals surface area contributed by atoms with Gasteiger partial charge < -0.3 is 14.4 Å². The summed E-state index contributed by atoms with van der Waals surface area (Å²) in [6.45, 7) is 5.46. The van der Waals surface area contributed by atoms with Gasteiger partial charge in [-0.05, 0) is 30.4 Å². The van der Waals surface area contributed by atoms with Gasteiger partial charge in [0.05, 0.1) is 10.3 Å². The van der Waals surface area contributed by atoms with Gasteiger partial charge in [0.1, 0.15) is 0 Å². The Kier molecular flexibility index (Phi) is 6.13. The molecule has 0 bridgehead atoms. The van der Waals surface area contributed by atoms with Crippen LogP contribution in [0.5, 0.6) is 0 Å². The number of ether oxygens (including phenoxy) is 2. The van der Waals surface area contributed by atoms with Crippen molar-refractivity contribution >= 4 is 17.3 Å². The van der Waals surface area contributed by atoms with Gasteiger partial charge in [0.25, 0.3) is 5.69 Å². The molecule has 1 aromatic carbocycles. The third-order valence-electron chi connectivity index (χ3n) is 4.67. The summed E-state index contributed by atoms with van der Waals surface area (Å²) in [4.78, 5) is 25.9. The summed E-state index contributed by atoms with van der Waals surface area (Å²) in [5, 5.41) is 11.2. The Hall–Kier alpha value is -1.99. The predicted octanol–water partition coefficient (Wildman–Crippen LogP) is 2.91. The molecule has 0 aromatic heterocycles. The van der Waals surface area contributed by atoms with E-state index in [2.05, 4.69) is 0 Å². The lowest BCUT2D eigenvalue weighted by atomic mass is 9.76. The van der Waals surface area contributed by atoms with Gasteiger partial charge in [0.15, 0.2) is 0 Å². The third kappa shape index (κ3) is 3.67. The van der Waals surface area contributed by atoms with Crippen LogP contribution in [-0.2, 0) is 19.7 Å². The first-order valence-corrected chi connectivity index (χ1v) is 8.46. The number of methoxy groups -OCH3 is 2. The Morgan fingerprint density at radius 1 is 1.20 bits per heavy atom. The number of amides is 1. The molecule has 0 N–H and O–H groups in total. The van der Waals surface area contributed by atoms with E-state index < -0.39 is 10.3 Å². The third-order valence-corrected chi connectivity index (χ3v) is 4.67. The predicted molar refractivity (Wildman–Crippen MR) is 95.0 cm³/mol. The maximum Gasteiger partial charge on any atom is 0.269 e. The van der Waals surface area contributed by atoms with E-state index in [0.29, 0.717) is 38.2 Å². The summed E-state index contributed by atoms with van der Waals surface area (Å²) in [6, 6.07) is 4.69. The number of fused-ring (bicyclic) bond motifs is 1. The van der Waals surface area contributed by atoms with Crippen molar-refractivity contribution in [1.29, 1.82) is 0 Å². The van der Waals surface area contributed by atoms with E-state index in [4.69, 9.17) is 9.47 Å². The number of nitro benzene ring substituents is 1. The molecule has 0 saturated heterocycles. The van der Waals surface area contributed by atoms with Gasteiger partial charge in [-0.1, -0.05) is 13.8 Å². The molecule has 1 aromatic rings. The lowest BCUT2D eigenvalue weighted by molar-refractivity contribution is -0.384. The van der Waals surface area contributed by atoms with Crippen LogP contribution in [0.25, 0.3) is 0 Å². The van der Waals surface area contributed by atoms with Crippen molar-refractivity contribution in [2.45, 2.75) is 32.1 Å². The minimum Gasteiger partial charge on any atom is -0.385 e. The Morgan fingerprint density at radius 3 is 2.28 bits per heavy atom. The minimum atomic E-state index is -0.845. The lowest BCUT2D eigenvalue weighted by Crippen LogP contribution is -2.43. The fourth-order valence-corrected chi connectivity index (χ4v) is 3.45. The summed E-state index contributed by atoms with van der Waals surface area (Å²) < 4.78 is 10.4. The first-order chi connectivity index (χ1) is 11.9. The molecule has 0 fully saturated rings. The molecule has 0 unspecified atom stereocenters. The van der Waals surface area contributed by atoms with Crippen LogP contribution in [-0.4, -0.2) is 44.8 Å². The molecule has 7 heteroatoms. The highest BCUT2D eigenvalue weighted by Gasteiger charge is 2.50.